The fraction of sp³-hybridized carbons (Fsp3) is 0.630. The van der Waals surface area contributed by atoms with E-state index in [4.69, 9.17) is 14.2 Å². The van der Waals surface area contributed by atoms with E-state index < -0.39 is 17.8 Å². The van der Waals surface area contributed by atoms with Crippen LogP contribution in [0.15, 0.2) is 30.5 Å². The molecule has 0 N–H and O–H groups in total. The largest absolute Gasteiger partial charge is 0.444 e. The summed E-state index contributed by atoms with van der Waals surface area (Å²) in [5.41, 5.74) is 1.69. The molecule has 2 aromatic rings. The average Bonchev–Trinajstić information content (AvgIpc) is 3.57. The smallest absolute Gasteiger partial charge is 0.410 e. The lowest BCUT2D eigenvalue weighted by atomic mass is 10.0. The molecule has 0 spiro atoms. The number of rotatable bonds is 8. The lowest BCUT2D eigenvalue weighted by molar-refractivity contribution is -0.151. The summed E-state index contributed by atoms with van der Waals surface area (Å²) in [4.78, 5) is 29.9. The number of fused-ring (bicyclic) bond motifs is 1. The lowest BCUT2D eigenvalue weighted by Gasteiger charge is -2.38. The van der Waals surface area contributed by atoms with Crippen LogP contribution in [0.1, 0.15) is 58.6 Å². The summed E-state index contributed by atoms with van der Waals surface area (Å²) in [5, 5.41) is 1.19. The van der Waals surface area contributed by atoms with Crippen molar-refractivity contribution in [1.29, 1.82) is 0 Å². The first-order chi connectivity index (χ1) is 16.7. The van der Waals surface area contributed by atoms with Crippen LogP contribution < -0.4 is 0 Å². The van der Waals surface area contributed by atoms with Gasteiger partial charge in [0, 0.05) is 44.6 Å². The van der Waals surface area contributed by atoms with Crippen LogP contribution in [-0.2, 0) is 25.5 Å². The van der Waals surface area contributed by atoms with E-state index in [-0.39, 0.29) is 24.5 Å². The first kappa shape index (κ1) is 25.5. The number of methoxy groups -OCH3 is 1. The van der Waals surface area contributed by atoms with Crippen LogP contribution in [0.25, 0.3) is 10.9 Å². The number of hydrogen-bond donors (Lipinski definition) is 0. The summed E-state index contributed by atoms with van der Waals surface area (Å²) in [5.74, 6) is -0.0520. The first-order valence-corrected chi connectivity index (χ1v) is 12.7. The monoisotopic (exact) mass is 485 g/mol. The maximum atomic E-state index is 13.7. The van der Waals surface area contributed by atoms with Gasteiger partial charge in [0.2, 0.25) is 0 Å². The molecule has 35 heavy (non-hydrogen) atoms. The van der Waals surface area contributed by atoms with Gasteiger partial charge < -0.3 is 28.6 Å². The third-order valence-corrected chi connectivity index (χ3v) is 6.63. The number of hydrogen-bond acceptors (Lipinski definition) is 5. The summed E-state index contributed by atoms with van der Waals surface area (Å²) in [6.07, 6.45) is 3.97. The Morgan fingerprint density at radius 3 is 2.69 bits per heavy atom. The van der Waals surface area contributed by atoms with Crippen molar-refractivity contribution in [3.8, 4) is 0 Å². The maximum Gasteiger partial charge on any atom is 0.410 e. The number of carbonyl (C=O) groups excluding carboxylic acids is 2. The average molecular weight is 486 g/mol. The highest BCUT2D eigenvalue weighted by atomic mass is 16.6. The van der Waals surface area contributed by atoms with E-state index in [9.17, 15) is 9.59 Å². The fourth-order valence-corrected chi connectivity index (χ4v) is 4.69. The Balaban J connectivity index is 1.50. The van der Waals surface area contributed by atoms with Gasteiger partial charge in [0.25, 0.3) is 5.91 Å². The quantitative estimate of drug-likeness (QED) is 0.520. The Hall–Kier alpha value is -2.58. The molecule has 8 heteroatoms. The minimum atomic E-state index is -0.680. The van der Waals surface area contributed by atoms with E-state index >= 15 is 0 Å². The molecule has 2 aliphatic rings. The van der Waals surface area contributed by atoms with Gasteiger partial charge in [0.1, 0.15) is 5.60 Å². The normalized spacial score (nSPS) is 19.6. The summed E-state index contributed by atoms with van der Waals surface area (Å²) < 4.78 is 18.8. The van der Waals surface area contributed by atoms with Crippen LogP contribution in [0, 0.1) is 0 Å². The summed E-state index contributed by atoms with van der Waals surface area (Å²) in [7, 11) is 1.72. The molecule has 2 fully saturated rings. The molecule has 1 saturated heterocycles. The minimum Gasteiger partial charge on any atom is -0.444 e. The summed E-state index contributed by atoms with van der Waals surface area (Å²) >= 11 is 0. The van der Waals surface area contributed by atoms with Crippen LogP contribution in [0.2, 0.25) is 0 Å². The molecule has 0 bridgehead atoms. The van der Waals surface area contributed by atoms with Gasteiger partial charge in [-0.05, 0) is 70.0 Å². The van der Waals surface area contributed by atoms with Crippen molar-refractivity contribution in [1.82, 2.24) is 14.4 Å². The molecule has 1 saturated carbocycles. The van der Waals surface area contributed by atoms with Gasteiger partial charge in [-0.25, -0.2) is 4.79 Å². The van der Waals surface area contributed by atoms with E-state index in [1.54, 1.807) is 12.0 Å². The topological polar surface area (TPSA) is 73.2 Å². The number of carbonyl (C=O) groups is 2. The van der Waals surface area contributed by atoms with Crippen molar-refractivity contribution in [3.05, 3.63) is 36.0 Å². The molecular weight excluding hydrogens is 446 g/mol. The van der Waals surface area contributed by atoms with Crippen LogP contribution in [0.5, 0.6) is 0 Å². The third kappa shape index (κ3) is 6.16. The second-order valence-electron chi connectivity index (χ2n) is 10.6. The van der Waals surface area contributed by atoms with Crippen molar-refractivity contribution in [3.63, 3.8) is 0 Å². The van der Waals surface area contributed by atoms with E-state index in [2.05, 4.69) is 42.0 Å². The molecule has 2 amide bonds. The van der Waals surface area contributed by atoms with Crippen LogP contribution in [0.3, 0.4) is 0 Å². The highest BCUT2D eigenvalue weighted by molar-refractivity contribution is 5.84. The van der Waals surface area contributed by atoms with Gasteiger partial charge in [-0.1, -0.05) is 12.1 Å². The number of morpholine rings is 1. The van der Waals surface area contributed by atoms with Gasteiger partial charge in [-0.3, -0.25) is 4.79 Å². The molecule has 1 aromatic carbocycles. The van der Waals surface area contributed by atoms with Gasteiger partial charge in [0.05, 0.1) is 19.2 Å². The Kier molecular flexibility index (Phi) is 7.71. The number of aromatic nitrogens is 1. The Morgan fingerprint density at radius 1 is 1.23 bits per heavy atom. The van der Waals surface area contributed by atoms with Crippen LogP contribution >= 0.6 is 0 Å². The fourth-order valence-electron chi connectivity index (χ4n) is 4.69. The Morgan fingerprint density at radius 2 is 2.00 bits per heavy atom. The van der Waals surface area contributed by atoms with Gasteiger partial charge in [-0.15, -0.1) is 0 Å². The number of amides is 2. The second-order valence-corrected chi connectivity index (χ2v) is 10.6. The molecule has 4 rings (SSSR count). The van der Waals surface area contributed by atoms with Crippen molar-refractivity contribution >= 4 is 22.9 Å². The van der Waals surface area contributed by atoms with Crippen molar-refractivity contribution < 1.29 is 23.8 Å². The third-order valence-electron chi connectivity index (χ3n) is 6.63. The highest BCUT2D eigenvalue weighted by Gasteiger charge is 2.41. The zero-order valence-corrected chi connectivity index (χ0v) is 21.7. The second kappa shape index (κ2) is 10.6. The molecule has 1 aromatic heterocycles. The predicted octanol–water partition coefficient (Wildman–Crippen LogP) is 4.37. The number of nitrogens with zero attached hydrogens (tertiary/aromatic N) is 3. The zero-order valence-electron chi connectivity index (χ0n) is 21.7. The predicted molar refractivity (Wildman–Crippen MR) is 134 cm³/mol. The molecule has 1 aliphatic carbocycles. The zero-order chi connectivity index (χ0) is 25.2. The first-order valence-electron chi connectivity index (χ1n) is 12.7. The molecule has 0 radical (unpaired) electrons. The maximum absolute atomic E-state index is 13.7. The van der Waals surface area contributed by atoms with Crippen LogP contribution in [-0.4, -0.2) is 77.5 Å². The van der Waals surface area contributed by atoms with Crippen molar-refractivity contribution in [2.75, 3.05) is 33.4 Å². The minimum absolute atomic E-state index is 0.0520. The Bertz CT molecular complexity index is 1040. The van der Waals surface area contributed by atoms with E-state index in [1.807, 2.05) is 25.7 Å². The SMILES string of the molecule is COCCCn1ccc2ccc(C(C)N(C(=O)[C@H]3CN(C(=O)OC(C)(C)C)CCO3)C3CC3)cc21. The van der Waals surface area contributed by atoms with E-state index in [0.29, 0.717) is 13.2 Å². The number of aryl methyl sites for hydroxylation is 1. The van der Waals surface area contributed by atoms with Crippen LogP contribution in [0.4, 0.5) is 4.79 Å². The number of benzene rings is 1. The van der Waals surface area contributed by atoms with Gasteiger partial charge in [0.15, 0.2) is 6.10 Å². The molecule has 1 aliphatic heterocycles. The lowest BCUT2D eigenvalue weighted by Crippen LogP contribution is -2.54. The molecule has 2 heterocycles. The summed E-state index contributed by atoms with van der Waals surface area (Å²) in [6.45, 7) is 10.2. The van der Waals surface area contributed by atoms with Gasteiger partial charge >= 0.3 is 6.09 Å². The highest BCUT2D eigenvalue weighted by Crippen LogP contribution is 2.36. The van der Waals surface area contributed by atoms with E-state index in [0.717, 1.165) is 38.0 Å². The molecule has 192 valence electrons. The van der Waals surface area contributed by atoms with Gasteiger partial charge in [-0.2, -0.15) is 0 Å². The van der Waals surface area contributed by atoms with E-state index in [1.165, 1.54) is 10.9 Å². The Labute approximate surface area is 208 Å². The number of ether oxygens (including phenoxy) is 3. The molecule has 2 atom stereocenters. The molecule has 8 nitrogen and oxygen atoms in total. The summed E-state index contributed by atoms with van der Waals surface area (Å²) in [6, 6.07) is 8.69. The standard InChI is InChI=1S/C27H39N3O5/c1-19(21-8-7-20-11-13-28(23(20)17-21)12-6-15-33-5)30(22-9-10-22)25(31)24-18-29(14-16-34-24)26(32)35-27(2,3)4/h7-8,11,13,17,19,22,24H,6,9-10,12,14-16,18H2,1-5H3/t19?,24-/m1/s1. The molecular formula is C27H39N3O5. The van der Waals surface area contributed by atoms with Crippen molar-refractivity contribution in [2.45, 2.75) is 77.3 Å². The van der Waals surface area contributed by atoms with Crippen molar-refractivity contribution in [2.24, 2.45) is 0 Å². The molecule has 1 unspecified atom stereocenters.